The number of fused-ring (bicyclic) bond motifs is 1. The first-order valence-corrected chi connectivity index (χ1v) is 3.68. The van der Waals surface area contributed by atoms with Gasteiger partial charge in [0.2, 0.25) is 5.89 Å². The Balaban J connectivity index is 2.78. The van der Waals surface area contributed by atoms with Crippen molar-refractivity contribution < 1.29 is 4.42 Å². The Morgan fingerprint density at radius 3 is 2.91 bits per heavy atom. The van der Waals surface area contributed by atoms with E-state index in [4.69, 9.17) is 4.42 Å². The van der Waals surface area contributed by atoms with Crippen LogP contribution in [0.3, 0.4) is 0 Å². The molecule has 0 aliphatic heterocycles. The standard InChI is InChI=1S/C8H5NOS/c11-5-8-9-6-3-1-2-4-7(6)10-8/h1-5H. The predicted octanol–water partition coefficient (Wildman–Crippen LogP) is 2.18. The monoisotopic (exact) mass is 163 g/mol. The molecule has 0 fully saturated rings. The molecule has 54 valence electrons. The molecule has 1 heterocycles. The van der Waals surface area contributed by atoms with Gasteiger partial charge >= 0.3 is 0 Å². The van der Waals surface area contributed by atoms with Crippen LogP contribution in [-0.4, -0.2) is 10.4 Å². The summed E-state index contributed by atoms with van der Waals surface area (Å²) < 4.78 is 5.25. The number of oxazole rings is 1. The lowest BCUT2D eigenvalue weighted by molar-refractivity contribution is 0.595. The zero-order chi connectivity index (χ0) is 7.68. The predicted molar refractivity (Wildman–Crippen MR) is 46.8 cm³/mol. The van der Waals surface area contributed by atoms with Crippen LogP contribution in [-0.2, 0) is 0 Å². The van der Waals surface area contributed by atoms with Crippen molar-refractivity contribution in [3.8, 4) is 0 Å². The first kappa shape index (κ1) is 6.49. The third kappa shape index (κ3) is 1.03. The summed E-state index contributed by atoms with van der Waals surface area (Å²) in [6, 6.07) is 7.57. The van der Waals surface area contributed by atoms with Crippen molar-refractivity contribution >= 4 is 28.7 Å². The third-order valence-electron chi connectivity index (χ3n) is 1.41. The molecule has 0 bridgehead atoms. The number of rotatable bonds is 1. The van der Waals surface area contributed by atoms with Crippen molar-refractivity contribution in [2.75, 3.05) is 0 Å². The number of thiocarbonyl (C=S) groups is 1. The molecule has 0 amide bonds. The summed E-state index contributed by atoms with van der Waals surface area (Å²) >= 11 is 4.68. The second-order valence-corrected chi connectivity index (χ2v) is 2.37. The second kappa shape index (κ2) is 2.43. The lowest BCUT2D eigenvalue weighted by Gasteiger charge is -1.79. The quantitative estimate of drug-likeness (QED) is 0.602. The molecule has 2 aromatic rings. The molecule has 0 saturated heterocycles. The highest BCUT2D eigenvalue weighted by molar-refractivity contribution is 7.79. The van der Waals surface area contributed by atoms with Gasteiger partial charge in [-0.15, -0.1) is 0 Å². The van der Waals surface area contributed by atoms with Gasteiger partial charge in [-0.2, -0.15) is 0 Å². The SMILES string of the molecule is S=Cc1nc2ccccc2o1. The van der Waals surface area contributed by atoms with Crippen LogP contribution in [0.1, 0.15) is 5.89 Å². The minimum absolute atomic E-state index is 0.501. The molecular formula is C8H5NOS. The van der Waals surface area contributed by atoms with Crippen molar-refractivity contribution in [1.29, 1.82) is 0 Å². The highest BCUT2D eigenvalue weighted by Gasteiger charge is 1.99. The van der Waals surface area contributed by atoms with Crippen molar-refractivity contribution in [1.82, 2.24) is 4.98 Å². The number of hydrogen-bond acceptors (Lipinski definition) is 3. The van der Waals surface area contributed by atoms with Crippen LogP contribution in [0.15, 0.2) is 28.7 Å². The van der Waals surface area contributed by atoms with Gasteiger partial charge in [-0.1, -0.05) is 24.4 Å². The highest BCUT2D eigenvalue weighted by Crippen LogP contribution is 2.12. The first-order chi connectivity index (χ1) is 5.40. The number of para-hydroxylation sites is 2. The number of aromatic nitrogens is 1. The van der Waals surface area contributed by atoms with Crippen molar-refractivity contribution in [3.05, 3.63) is 30.2 Å². The minimum Gasteiger partial charge on any atom is -0.436 e. The average molecular weight is 163 g/mol. The lowest BCUT2D eigenvalue weighted by atomic mass is 10.3. The molecule has 0 atom stereocenters. The van der Waals surface area contributed by atoms with Gasteiger partial charge in [0.25, 0.3) is 0 Å². The van der Waals surface area contributed by atoms with E-state index < -0.39 is 0 Å². The fourth-order valence-corrected chi connectivity index (χ4v) is 1.04. The minimum atomic E-state index is 0.501. The van der Waals surface area contributed by atoms with E-state index in [9.17, 15) is 0 Å². The Labute approximate surface area is 68.9 Å². The van der Waals surface area contributed by atoms with E-state index >= 15 is 0 Å². The Kier molecular flexibility index (Phi) is 1.43. The Morgan fingerprint density at radius 1 is 1.36 bits per heavy atom. The molecule has 0 saturated carbocycles. The fourth-order valence-electron chi connectivity index (χ4n) is 0.940. The number of nitrogens with zero attached hydrogens (tertiary/aromatic N) is 1. The Bertz CT molecular complexity index is 361. The van der Waals surface area contributed by atoms with Crippen LogP contribution in [0.2, 0.25) is 0 Å². The Morgan fingerprint density at radius 2 is 2.18 bits per heavy atom. The van der Waals surface area contributed by atoms with Gasteiger partial charge < -0.3 is 4.42 Å². The lowest BCUT2D eigenvalue weighted by Crippen LogP contribution is -1.72. The molecule has 1 aromatic carbocycles. The molecular weight excluding hydrogens is 158 g/mol. The van der Waals surface area contributed by atoms with Crippen LogP contribution >= 0.6 is 12.2 Å². The summed E-state index contributed by atoms with van der Waals surface area (Å²) in [6.45, 7) is 0. The normalized spacial score (nSPS) is 10.2. The molecule has 0 unspecified atom stereocenters. The van der Waals surface area contributed by atoms with Gasteiger partial charge in [0.05, 0.1) is 5.37 Å². The van der Waals surface area contributed by atoms with Crippen LogP contribution in [0.5, 0.6) is 0 Å². The summed E-state index contributed by atoms with van der Waals surface area (Å²) in [7, 11) is 0. The maximum atomic E-state index is 5.25. The first-order valence-electron chi connectivity index (χ1n) is 3.21. The largest absolute Gasteiger partial charge is 0.436 e. The maximum absolute atomic E-state index is 5.25. The summed E-state index contributed by atoms with van der Waals surface area (Å²) in [4.78, 5) is 4.10. The third-order valence-corrected chi connectivity index (χ3v) is 1.61. The van der Waals surface area contributed by atoms with E-state index in [1.165, 1.54) is 5.37 Å². The second-order valence-electron chi connectivity index (χ2n) is 2.14. The van der Waals surface area contributed by atoms with Crippen LogP contribution in [0.25, 0.3) is 11.1 Å². The van der Waals surface area contributed by atoms with Gasteiger partial charge in [-0.25, -0.2) is 4.98 Å². The molecule has 11 heavy (non-hydrogen) atoms. The van der Waals surface area contributed by atoms with E-state index in [-0.39, 0.29) is 0 Å². The van der Waals surface area contributed by atoms with E-state index in [1.54, 1.807) is 0 Å². The van der Waals surface area contributed by atoms with E-state index in [1.807, 2.05) is 24.3 Å². The zero-order valence-corrected chi connectivity index (χ0v) is 6.47. The van der Waals surface area contributed by atoms with Gasteiger partial charge in [0, 0.05) is 0 Å². The van der Waals surface area contributed by atoms with Crippen LogP contribution in [0.4, 0.5) is 0 Å². The van der Waals surface area contributed by atoms with Gasteiger partial charge in [0.1, 0.15) is 5.52 Å². The number of benzene rings is 1. The van der Waals surface area contributed by atoms with E-state index in [0.29, 0.717) is 5.89 Å². The molecule has 0 radical (unpaired) electrons. The van der Waals surface area contributed by atoms with Crippen molar-refractivity contribution in [3.63, 3.8) is 0 Å². The van der Waals surface area contributed by atoms with E-state index in [0.717, 1.165) is 11.1 Å². The smallest absolute Gasteiger partial charge is 0.230 e. The van der Waals surface area contributed by atoms with Gasteiger partial charge in [0.15, 0.2) is 5.58 Å². The molecule has 0 aliphatic rings. The topological polar surface area (TPSA) is 26.0 Å². The average Bonchev–Trinajstić information content (AvgIpc) is 2.46. The fraction of sp³-hybridized carbons (Fsp3) is 0. The molecule has 0 N–H and O–H groups in total. The van der Waals surface area contributed by atoms with Gasteiger partial charge in [-0.05, 0) is 12.1 Å². The van der Waals surface area contributed by atoms with E-state index in [2.05, 4.69) is 17.2 Å². The summed E-state index contributed by atoms with van der Waals surface area (Å²) in [5, 5.41) is 1.43. The molecule has 2 nitrogen and oxygen atoms in total. The number of hydrogen-bond donors (Lipinski definition) is 0. The molecule has 3 heteroatoms. The van der Waals surface area contributed by atoms with Crippen LogP contribution < -0.4 is 0 Å². The summed E-state index contributed by atoms with van der Waals surface area (Å²) in [5.74, 6) is 0.501. The molecule has 0 aliphatic carbocycles. The molecule has 2 rings (SSSR count). The zero-order valence-electron chi connectivity index (χ0n) is 5.65. The van der Waals surface area contributed by atoms with Crippen LogP contribution in [0, 0.1) is 0 Å². The summed E-state index contributed by atoms with van der Waals surface area (Å²) in [5.41, 5.74) is 1.63. The Hall–Kier alpha value is -1.22. The molecule has 0 spiro atoms. The summed E-state index contributed by atoms with van der Waals surface area (Å²) in [6.07, 6.45) is 0. The highest BCUT2D eigenvalue weighted by atomic mass is 32.1. The molecule has 1 aromatic heterocycles. The van der Waals surface area contributed by atoms with Crippen molar-refractivity contribution in [2.24, 2.45) is 0 Å². The van der Waals surface area contributed by atoms with Crippen molar-refractivity contribution in [2.45, 2.75) is 0 Å². The maximum Gasteiger partial charge on any atom is 0.230 e. The van der Waals surface area contributed by atoms with Gasteiger partial charge in [-0.3, -0.25) is 0 Å².